The van der Waals surface area contributed by atoms with Crippen molar-refractivity contribution in [1.82, 2.24) is 0 Å². The molecule has 1 aromatic heterocycles. The van der Waals surface area contributed by atoms with Gasteiger partial charge in [-0.1, -0.05) is 6.92 Å². The molecule has 126 valence electrons. The number of carbonyl (C=O) groups excluding carboxylic acids is 2. The van der Waals surface area contributed by atoms with Crippen LogP contribution in [0.15, 0.2) is 24.3 Å². The second kappa shape index (κ2) is 7.27. The largest absolute Gasteiger partial charge is 0.478 e. The number of hydrogen-bond donors (Lipinski definition) is 3. The number of aryl methyl sites for hydroxylation is 1. The summed E-state index contributed by atoms with van der Waals surface area (Å²) < 4.78 is 0. The number of carbonyl (C=O) groups is 3. The van der Waals surface area contributed by atoms with Crippen LogP contribution in [0.3, 0.4) is 0 Å². The van der Waals surface area contributed by atoms with Crippen molar-refractivity contribution < 1.29 is 19.5 Å². The van der Waals surface area contributed by atoms with E-state index in [1.807, 2.05) is 13.8 Å². The highest BCUT2D eigenvalue weighted by Crippen LogP contribution is 2.33. The molecule has 1 heterocycles. The van der Waals surface area contributed by atoms with Crippen LogP contribution in [0.1, 0.15) is 44.5 Å². The monoisotopic (exact) mass is 346 g/mol. The molecule has 0 atom stereocenters. The van der Waals surface area contributed by atoms with E-state index >= 15 is 0 Å². The van der Waals surface area contributed by atoms with Crippen LogP contribution in [0, 0.1) is 13.8 Å². The van der Waals surface area contributed by atoms with Gasteiger partial charge in [0.25, 0.3) is 5.91 Å². The quantitative estimate of drug-likeness (QED) is 0.770. The van der Waals surface area contributed by atoms with Gasteiger partial charge in [0.1, 0.15) is 5.00 Å². The molecule has 2 amide bonds. The predicted molar refractivity (Wildman–Crippen MR) is 94.1 cm³/mol. The predicted octanol–water partition coefficient (Wildman–Crippen LogP) is 3.66. The highest BCUT2D eigenvalue weighted by molar-refractivity contribution is 7.16. The van der Waals surface area contributed by atoms with Crippen LogP contribution in [0.5, 0.6) is 0 Å². The number of nitrogens with one attached hydrogen (secondary N) is 2. The Morgan fingerprint density at radius 1 is 1.08 bits per heavy atom. The van der Waals surface area contributed by atoms with Crippen molar-refractivity contribution in [3.05, 3.63) is 45.8 Å². The number of carboxylic acids is 1. The molecule has 0 bridgehead atoms. The van der Waals surface area contributed by atoms with Crippen LogP contribution in [0.25, 0.3) is 0 Å². The molecule has 0 saturated carbocycles. The van der Waals surface area contributed by atoms with Gasteiger partial charge in [-0.3, -0.25) is 9.59 Å². The van der Waals surface area contributed by atoms with Gasteiger partial charge >= 0.3 is 5.97 Å². The van der Waals surface area contributed by atoms with Gasteiger partial charge in [-0.25, -0.2) is 4.79 Å². The van der Waals surface area contributed by atoms with Crippen LogP contribution >= 0.6 is 11.3 Å². The molecular formula is C17H18N2O4S. The van der Waals surface area contributed by atoms with E-state index in [0.717, 1.165) is 10.4 Å². The highest BCUT2D eigenvalue weighted by atomic mass is 32.1. The Kier molecular flexibility index (Phi) is 5.35. The van der Waals surface area contributed by atoms with Gasteiger partial charge in [0.05, 0.1) is 11.1 Å². The average Bonchev–Trinajstić information content (AvgIpc) is 2.81. The van der Waals surface area contributed by atoms with Crippen molar-refractivity contribution in [1.29, 1.82) is 0 Å². The van der Waals surface area contributed by atoms with Gasteiger partial charge in [0.15, 0.2) is 0 Å². The maximum absolute atomic E-state index is 12.6. The first-order chi connectivity index (χ1) is 11.3. The normalized spacial score (nSPS) is 10.3. The smallest absolute Gasteiger partial charge is 0.335 e. The molecular weight excluding hydrogens is 328 g/mol. The van der Waals surface area contributed by atoms with Crippen molar-refractivity contribution in [2.75, 3.05) is 10.6 Å². The van der Waals surface area contributed by atoms with Crippen molar-refractivity contribution in [3.63, 3.8) is 0 Å². The molecule has 24 heavy (non-hydrogen) atoms. The molecule has 0 unspecified atom stereocenters. The summed E-state index contributed by atoms with van der Waals surface area (Å²) in [5.41, 5.74) is 1.88. The molecule has 3 N–H and O–H groups in total. The van der Waals surface area contributed by atoms with Gasteiger partial charge in [-0.2, -0.15) is 0 Å². The fraction of sp³-hybridized carbons (Fsp3) is 0.235. The molecule has 0 aliphatic rings. The van der Waals surface area contributed by atoms with E-state index in [9.17, 15) is 14.4 Å². The van der Waals surface area contributed by atoms with Crippen LogP contribution in [0.2, 0.25) is 0 Å². The Bertz CT molecular complexity index is 794. The van der Waals surface area contributed by atoms with Crippen molar-refractivity contribution in [2.45, 2.75) is 27.2 Å². The fourth-order valence-electron chi connectivity index (χ4n) is 2.09. The zero-order chi connectivity index (χ0) is 17.9. The number of carboxylic acid groups (broad SMARTS) is 1. The van der Waals surface area contributed by atoms with E-state index in [1.54, 1.807) is 6.92 Å². The summed E-state index contributed by atoms with van der Waals surface area (Å²) in [5.74, 6) is -1.52. The standard InChI is InChI=1S/C17H18N2O4S/c1-4-13(20)19-16-14(9(2)10(3)24-16)15(21)18-12-7-5-11(6-8-12)17(22)23/h5-8H,4H2,1-3H3,(H,18,21)(H,19,20)(H,22,23). The van der Waals surface area contributed by atoms with Crippen LogP contribution < -0.4 is 10.6 Å². The first-order valence-corrected chi connectivity index (χ1v) is 8.19. The SMILES string of the molecule is CCC(=O)Nc1sc(C)c(C)c1C(=O)Nc1ccc(C(=O)O)cc1. The minimum Gasteiger partial charge on any atom is -0.478 e. The van der Waals surface area contributed by atoms with Gasteiger partial charge < -0.3 is 15.7 Å². The second-order valence-electron chi connectivity index (χ2n) is 5.23. The Morgan fingerprint density at radius 2 is 1.71 bits per heavy atom. The van der Waals surface area contributed by atoms with Gasteiger partial charge in [0, 0.05) is 17.0 Å². The van der Waals surface area contributed by atoms with Gasteiger partial charge in [-0.05, 0) is 43.7 Å². The first kappa shape index (κ1) is 17.7. The Labute approximate surface area is 143 Å². The van der Waals surface area contributed by atoms with Crippen LogP contribution in [0.4, 0.5) is 10.7 Å². The zero-order valence-electron chi connectivity index (χ0n) is 13.6. The maximum Gasteiger partial charge on any atom is 0.335 e. The minimum atomic E-state index is -1.03. The van der Waals surface area contributed by atoms with Crippen molar-refractivity contribution in [2.24, 2.45) is 0 Å². The summed E-state index contributed by atoms with van der Waals surface area (Å²) in [7, 11) is 0. The molecule has 0 aliphatic heterocycles. The fourth-order valence-corrected chi connectivity index (χ4v) is 3.17. The Hall–Kier alpha value is -2.67. The lowest BCUT2D eigenvalue weighted by Gasteiger charge is -2.08. The lowest BCUT2D eigenvalue weighted by atomic mass is 10.1. The lowest BCUT2D eigenvalue weighted by molar-refractivity contribution is -0.115. The van der Waals surface area contributed by atoms with E-state index in [-0.39, 0.29) is 17.4 Å². The maximum atomic E-state index is 12.6. The molecule has 0 radical (unpaired) electrons. The lowest BCUT2D eigenvalue weighted by Crippen LogP contribution is -2.17. The van der Waals surface area contributed by atoms with Crippen molar-refractivity contribution in [3.8, 4) is 0 Å². The van der Waals surface area contributed by atoms with Crippen LogP contribution in [-0.2, 0) is 4.79 Å². The van der Waals surface area contributed by atoms with Gasteiger partial charge in [-0.15, -0.1) is 11.3 Å². The van der Waals surface area contributed by atoms with E-state index in [0.29, 0.717) is 22.7 Å². The summed E-state index contributed by atoms with van der Waals surface area (Å²) in [6, 6.07) is 5.90. The van der Waals surface area contributed by atoms with E-state index in [1.165, 1.54) is 35.6 Å². The Morgan fingerprint density at radius 3 is 2.25 bits per heavy atom. The molecule has 0 aliphatic carbocycles. The summed E-state index contributed by atoms with van der Waals surface area (Å²) in [6.07, 6.45) is 0.327. The molecule has 2 aromatic rings. The molecule has 1 aromatic carbocycles. The highest BCUT2D eigenvalue weighted by Gasteiger charge is 2.21. The number of anilines is 2. The minimum absolute atomic E-state index is 0.145. The number of hydrogen-bond acceptors (Lipinski definition) is 4. The number of benzene rings is 1. The molecule has 2 rings (SSSR count). The molecule has 6 nitrogen and oxygen atoms in total. The Balaban J connectivity index is 2.25. The number of thiophene rings is 1. The summed E-state index contributed by atoms with van der Waals surface area (Å²) >= 11 is 1.36. The number of rotatable bonds is 5. The third-order valence-electron chi connectivity index (χ3n) is 3.58. The second-order valence-corrected chi connectivity index (χ2v) is 6.45. The first-order valence-electron chi connectivity index (χ1n) is 7.38. The molecule has 7 heteroatoms. The zero-order valence-corrected chi connectivity index (χ0v) is 14.4. The van der Waals surface area contributed by atoms with E-state index in [4.69, 9.17) is 5.11 Å². The number of aromatic carboxylic acids is 1. The molecule has 0 spiro atoms. The molecule has 0 saturated heterocycles. The summed E-state index contributed by atoms with van der Waals surface area (Å²) in [4.78, 5) is 36.0. The van der Waals surface area contributed by atoms with E-state index in [2.05, 4.69) is 10.6 Å². The third-order valence-corrected chi connectivity index (χ3v) is 4.70. The van der Waals surface area contributed by atoms with E-state index < -0.39 is 5.97 Å². The summed E-state index contributed by atoms with van der Waals surface area (Å²) in [6.45, 7) is 5.46. The van der Waals surface area contributed by atoms with Crippen molar-refractivity contribution >= 4 is 39.8 Å². The summed E-state index contributed by atoms with van der Waals surface area (Å²) in [5, 5.41) is 14.9. The number of amides is 2. The van der Waals surface area contributed by atoms with Crippen LogP contribution in [-0.4, -0.2) is 22.9 Å². The third kappa shape index (κ3) is 3.80. The molecule has 0 fully saturated rings. The van der Waals surface area contributed by atoms with Gasteiger partial charge in [0.2, 0.25) is 5.91 Å². The average molecular weight is 346 g/mol. The topological polar surface area (TPSA) is 95.5 Å².